The lowest BCUT2D eigenvalue weighted by Crippen LogP contribution is -2.13. The molecule has 0 amide bonds. The van der Waals surface area contributed by atoms with Crippen LogP contribution in [0.5, 0.6) is 0 Å². The lowest BCUT2D eigenvalue weighted by molar-refractivity contribution is 0.670. The smallest absolute Gasteiger partial charge is 0.143 e. The van der Waals surface area contributed by atoms with E-state index < -0.39 is 0 Å². The fourth-order valence-corrected chi connectivity index (χ4v) is 11.1. The molecule has 4 heteroatoms. The van der Waals surface area contributed by atoms with E-state index in [1.165, 1.54) is 43.4 Å². The van der Waals surface area contributed by atoms with Gasteiger partial charge >= 0.3 is 0 Å². The van der Waals surface area contributed by atoms with Crippen LogP contribution in [0.1, 0.15) is 0 Å². The third-order valence-corrected chi connectivity index (χ3v) is 14.3. The van der Waals surface area contributed by atoms with Gasteiger partial charge in [0.1, 0.15) is 11.2 Å². The van der Waals surface area contributed by atoms with Gasteiger partial charge in [-0.05, 0) is 135 Å². The number of benzene rings is 12. The van der Waals surface area contributed by atoms with Crippen molar-refractivity contribution in [2.75, 3.05) is 9.80 Å². The van der Waals surface area contributed by atoms with Gasteiger partial charge in [0.2, 0.25) is 0 Å². The van der Waals surface area contributed by atoms with Gasteiger partial charge in [-0.3, -0.25) is 0 Å². The number of hydrogen-bond acceptors (Lipinski definition) is 3. The Hall–Kier alpha value is -9.64. The summed E-state index contributed by atoms with van der Waals surface area (Å²) in [5, 5.41) is 9.55. The van der Waals surface area contributed by atoms with Gasteiger partial charge in [0.15, 0.2) is 0 Å². The van der Waals surface area contributed by atoms with Crippen molar-refractivity contribution in [2.45, 2.75) is 0 Å². The Labute approximate surface area is 417 Å². The van der Waals surface area contributed by atoms with E-state index in [9.17, 15) is 0 Å². The molecule has 0 bridgehead atoms. The molecule has 2 aromatic heterocycles. The summed E-state index contributed by atoms with van der Waals surface area (Å²) in [5.41, 5.74) is 15.9. The van der Waals surface area contributed by atoms with Crippen molar-refractivity contribution in [3.8, 4) is 27.9 Å². The first-order valence-electron chi connectivity index (χ1n) is 24.6. The molecule has 0 unspecified atom stereocenters. The molecule has 14 rings (SSSR count). The molecule has 0 atom stereocenters. The number of anilines is 6. The molecular formula is C68H45N3O. The van der Waals surface area contributed by atoms with Gasteiger partial charge in [-0.15, -0.1) is 0 Å². The first kappa shape index (κ1) is 41.3. The molecule has 0 aliphatic carbocycles. The van der Waals surface area contributed by atoms with E-state index in [0.29, 0.717) is 0 Å². The van der Waals surface area contributed by atoms with Crippen molar-refractivity contribution in [3.05, 3.63) is 273 Å². The van der Waals surface area contributed by atoms with Crippen LogP contribution in [-0.2, 0) is 0 Å². The van der Waals surface area contributed by atoms with Crippen molar-refractivity contribution < 1.29 is 4.42 Å². The molecule has 0 saturated carbocycles. The van der Waals surface area contributed by atoms with Crippen molar-refractivity contribution in [3.63, 3.8) is 0 Å². The lowest BCUT2D eigenvalue weighted by atomic mass is 9.92. The van der Waals surface area contributed by atoms with Gasteiger partial charge in [0, 0.05) is 66.9 Å². The van der Waals surface area contributed by atoms with E-state index in [1.54, 1.807) is 0 Å². The number of nitrogens with zero attached hydrogens (tertiary/aromatic N) is 3. The lowest BCUT2D eigenvalue weighted by Gasteiger charge is -2.30. The molecule has 12 aromatic carbocycles. The molecule has 0 saturated heterocycles. The zero-order valence-electron chi connectivity index (χ0n) is 39.2. The van der Waals surface area contributed by atoms with Crippen LogP contribution in [-0.4, -0.2) is 4.57 Å². The molecule has 14 aromatic rings. The molecule has 0 radical (unpaired) electrons. The maximum atomic E-state index is 6.53. The Balaban J connectivity index is 1.01. The summed E-state index contributed by atoms with van der Waals surface area (Å²) in [6.07, 6.45) is 0. The quantitative estimate of drug-likeness (QED) is 0.135. The second kappa shape index (κ2) is 17.1. The van der Waals surface area contributed by atoms with Crippen LogP contribution < -0.4 is 9.80 Å². The van der Waals surface area contributed by atoms with Crippen molar-refractivity contribution in [1.29, 1.82) is 0 Å². The van der Waals surface area contributed by atoms with E-state index >= 15 is 0 Å². The standard InChI is InChI=1S/C68H45N3O/c1-4-20-49(21-5-1)69(52-37-35-46(36-38-52)57-31-18-32-63-62-30-15-17-34-67(62)72-68(57)63)54-41-48(64-43-47-19-10-11-26-56(47)58-27-12-13-28-59(58)64)42-55(44-54)70(50-22-6-2-7-23-50)53-39-40-61-60-29-14-16-33-65(60)71(66(61)45-53)51-24-8-3-9-25-51/h1-45H. The molecule has 0 N–H and O–H groups in total. The number of hydrogen-bond donors (Lipinski definition) is 0. The summed E-state index contributed by atoms with van der Waals surface area (Å²) in [4.78, 5) is 4.81. The van der Waals surface area contributed by atoms with Gasteiger partial charge in [-0.1, -0.05) is 176 Å². The number of furan rings is 1. The molecule has 0 spiro atoms. The van der Waals surface area contributed by atoms with Crippen LogP contribution >= 0.6 is 0 Å². The van der Waals surface area contributed by atoms with Crippen LogP contribution in [0.25, 0.3) is 93.2 Å². The molecule has 0 aliphatic heterocycles. The monoisotopic (exact) mass is 919 g/mol. The molecule has 0 aliphatic rings. The number of para-hydroxylation sites is 6. The highest BCUT2D eigenvalue weighted by atomic mass is 16.3. The summed E-state index contributed by atoms with van der Waals surface area (Å²) < 4.78 is 8.93. The van der Waals surface area contributed by atoms with Crippen LogP contribution in [0.4, 0.5) is 34.1 Å². The molecule has 0 fully saturated rings. The Kier molecular flexibility index (Phi) is 9.82. The second-order valence-corrected chi connectivity index (χ2v) is 18.5. The minimum absolute atomic E-state index is 0.893. The van der Waals surface area contributed by atoms with Crippen molar-refractivity contribution in [1.82, 2.24) is 4.57 Å². The van der Waals surface area contributed by atoms with Crippen molar-refractivity contribution >= 4 is 99.4 Å². The Morgan fingerprint density at radius 1 is 0.278 bits per heavy atom. The van der Waals surface area contributed by atoms with Crippen molar-refractivity contribution in [2.24, 2.45) is 0 Å². The van der Waals surface area contributed by atoms with Crippen LogP contribution in [0, 0.1) is 0 Å². The number of fused-ring (bicyclic) bond motifs is 9. The maximum Gasteiger partial charge on any atom is 0.143 e. The number of aromatic nitrogens is 1. The van der Waals surface area contributed by atoms with Gasteiger partial charge in [-0.25, -0.2) is 0 Å². The second-order valence-electron chi connectivity index (χ2n) is 18.5. The van der Waals surface area contributed by atoms with Gasteiger partial charge < -0.3 is 18.8 Å². The predicted molar refractivity (Wildman–Crippen MR) is 303 cm³/mol. The summed E-state index contributed by atoms with van der Waals surface area (Å²) in [7, 11) is 0. The fourth-order valence-electron chi connectivity index (χ4n) is 11.1. The summed E-state index contributed by atoms with van der Waals surface area (Å²) in [5.74, 6) is 0. The van der Waals surface area contributed by atoms with E-state index in [0.717, 1.165) is 84.0 Å². The minimum Gasteiger partial charge on any atom is -0.455 e. The maximum absolute atomic E-state index is 6.53. The SMILES string of the molecule is c1ccc(N(c2ccc(-c3cccc4c3oc3ccccc34)cc2)c2cc(-c3cc4ccccc4c4ccccc34)cc(N(c3ccccc3)c3ccc4c5ccccc5n(-c5ccccc5)c4c3)c2)cc1. The molecule has 72 heavy (non-hydrogen) atoms. The summed E-state index contributed by atoms with van der Waals surface area (Å²) in [6.45, 7) is 0. The zero-order chi connectivity index (χ0) is 47.5. The Morgan fingerprint density at radius 3 is 1.56 bits per heavy atom. The molecule has 2 heterocycles. The summed E-state index contributed by atoms with van der Waals surface area (Å²) >= 11 is 0. The first-order chi connectivity index (χ1) is 35.7. The van der Waals surface area contributed by atoms with Gasteiger partial charge in [0.25, 0.3) is 0 Å². The Bertz CT molecular complexity index is 4330. The average molecular weight is 920 g/mol. The van der Waals surface area contributed by atoms with Gasteiger partial charge in [0.05, 0.1) is 11.0 Å². The van der Waals surface area contributed by atoms with E-state index in [-0.39, 0.29) is 0 Å². The van der Waals surface area contributed by atoms with Crippen LogP contribution in [0.2, 0.25) is 0 Å². The third kappa shape index (κ3) is 6.92. The van der Waals surface area contributed by atoms with E-state index in [4.69, 9.17) is 4.42 Å². The molecular weight excluding hydrogens is 875 g/mol. The highest BCUT2D eigenvalue weighted by Crippen LogP contribution is 2.47. The van der Waals surface area contributed by atoms with E-state index in [1.807, 2.05) is 12.1 Å². The highest BCUT2D eigenvalue weighted by molar-refractivity contribution is 6.15. The first-order valence-corrected chi connectivity index (χ1v) is 24.6. The molecule has 4 nitrogen and oxygen atoms in total. The highest BCUT2D eigenvalue weighted by Gasteiger charge is 2.23. The zero-order valence-corrected chi connectivity index (χ0v) is 39.2. The van der Waals surface area contributed by atoms with Crippen LogP contribution in [0.15, 0.2) is 277 Å². The Morgan fingerprint density at radius 2 is 0.819 bits per heavy atom. The van der Waals surface area contributed by atoms with Crippen LogP contribution in [0.3, 0.4) is 0 Å². The normalized spacial score (nSPS) is 11.6. The largest absolute Gasteiger partial charge is 0.455 e. The minimum atomic E-state index is 0.893. The van der Waals surface area contributed by atoms with Gasteiger partial charge in [-0.2, -0.15) is 0 Å². The number of rotatable bonds is 9. The molecule has 338 valence electrons. The average Bonchev–Trinajstić information content (AvgIpc) is 4.00. The summed E-state index contributed by atoms with van der Waals surface area (Å²) in [6, 6.07) is 98.6. The fraction of sp³-hybridized carbons (Fsp3) is 0. The third-order valence-electron chi connectivity index (χ3n) is 14.3. The predicted octanol–water partition coefficient (Wildman–Crippen LogP) is 19.3. The topological polar surface area (TPSA) is 24.6 Å². The van der Waals surface area contributed by atoms with E-state index in [2.05, 4.69) is 275 Å².